The van der Waals surface area contributed by atoms with Crippen LogP contribution in [0.4, 0.5) is 0 Å². The summed E-state index contributed by atoms with van der Waals surface area (Å²) in [5.41, 5.74) is 3.24. The van der Waals surface area contributed by atoms with Crippen LogP contribution in [0.25, 0.3) is 26.3 Å². The predicted molar refractivity (Wildman–Crippen MR) is 145 cm³/mol. The molecule has 0 bridgehead atoms. The highest BCUT2D eigenvalue weighted by atomic mass is 32.1. The SMILES string of the molecule is COc1cccc(Cn2c(C)c3c(=O)n(-c4nc5ccccc5s4)n(Cc4ccccc4)c3cc2=O)n1. The zero-order valence-electron chi connectivity index (χ0n) is 20.3. The fraction of sp³-hybridized carbons (Fsp3) is 0.143. The van der Waals surface area contributed by atoms with Crippen LogP contribution in [0.5, 0.6) is 5.88 Å². The number of pyridine rings is 2. The molecule has 0 fully saturated rings. The monoisotopic (exact) mass is 509 g/mol. The van der Waals surface area contributed by atoms with E-state index >= 15 is 0 Å². The Kier molecular flexibility index (Phi) is 5.69. The molecule has 6 aromatic rings. The summed E-state index contributed by atoms with van der Waals surface area (Å²) in [7, 11) is 1.55. The topological polar surface area (TPSA) is 83.9 Å². The second-order valence-corrected chi connectivity index (χ2v) is 9.72. The van der Waals surface area contributed by atoms with E-state index in [0.29, 0.717) is 39.8 Å². The summed E-state index contributed by atoms with van der Waals surface area (Å²) in [6.07, 6.45) is 0. The van der Waals surface area contributed by atoms with Crippen molar-refractivity contribution in [3.8, 4) is 11.0 Å². The number of thiazole rings is 1. The normalized spacial score (nSPS) is 11.4. The van der Waals surface area contributed by atoms with Crippen LogP contribution in [0.2, 0.25) is 0 Å². The van der Waals surface area contributed by atoms with Gasteiger partial charge in [-0.3, -0.25) is 14.3 Å². The van der Waals surface area contributed by atoms with E-state index in [0.717, 1.165) is 15.8 Å². The van der Waals surface area contributed by atoms with E-state index in [1.165, 1.54) is 17.4 Å². The van der Waals surface area contributed by atoms with Crippen LogP contribution in [0.3, 0.4) is 0 Å². The van der Waals surface area contributed by atoms with Gasteiger partial charge >= 0.3 is 0 Å². The Morgan fingerprint density at radius 2 is 1.68 bits per heavy atom. The van der Waals surface area contributed by atoms with Crippen molar-refractivity contribution >= 4 is 32.5 Å². The number of hydrogen-bond acceptors (Lipinski definition) is 6. The Morgan fingerprint density at radius 3 is 2.46 bits per heavy atom. The van der Waals surface area contributed by atoms with Crippen LogP contribution < -0.4 is 15.9 Å². The number of methoxy groups -OCH3 is 1. The number of nitrogens with zero attached hydrogens (tertiary/aromatic N) is 5. The molecule has 4 aromatic heterocycles. The summed E-state index contributed by atoms with van der Waals surface area (Å²) in [4.78, 5) is 36.6. The first-order valence-electron chi connectivity index (χ1n) is 11.8. The Labute approximate surface area is 215 Å². The van der Waals surface area contributed by atoms with Gasteiger partial charge in [0, 0.05) is 17.8 Å². The molecule has 6 rings (SSSR count). The van der Waals surface area contributed by atoms with Crippen LogP contribution >= 0.6 is 11.3 Å². The number of benzene rings is 2. The van der Waals surface area contributed by atoms with Crippen molar-refractivity contribution in [3.05, 3.63) is 117 Å². The quantitative estimate of drug-likeness (QED) is 0.333. The minimum Gasteiger partial charge on any atom is -0.481 e. The molecule has 0 aliphatic carbocycles. The lowest BCUT2D eigenvalue weighted by Gasteiger charge is -2.13. The van der Waals surface area contributed by atoms with Crippen LogP contribution in [0.15, 0.2) is 88.5 Å². The molecule has 0 spiro atoms. The van der Waals surface area contributed by atoms with Crippen molar-refractivity contribution in [1.82, 2.24) is 23.9 Å². The lowest BCUT2D eigenvalue weighted by Crippen LogP contribution is -2.24. The Bertz CT molecular complexity index is 1850. The largest absolute Gasteiger partial charge is 0.481 e. The summed E-state index contributed by atoms with van der Waals surface area (Å²) < 4.78 is 11.3. The molecule has 0 amide bonds. The third kappa shape index (κ3) is 4.03. The molecule has 8 nitrogen and oxygen atoms in total. The van der Waals surface area contributed by atoms with E-state index < -0.39 is 0 Å². The van der Waals surface area contributed by atoms with Crippen LogP contribution in [-0.4, -0.2) is 31.0 Å². The molecule has 0 N–H and O–H groups in total. The maximum absolute atomic E-state index is 14.0. The Hall–Kier alpha value is -4.50. The van der Waals surface area contributed by atoms with E-state index in [-0.39, 0.29) is 17.7 Å². The second-order valence-electron chi connectivity index (χ2n) is 8.71. The van der Waals surface area contributed by atoms with Gasteiger partial charge in [-0.25, -0.2) is 9.97 Å². The van der Waals surface area contributed by atoms with Crippen molar-refractivity contribution in [3.63, 3.8) is 0 Å². The van der Waals surface area contributed by atoms with E-state index in [1.54, 1.807) is 29.3 Å². The third-order valence-corrected chi connectivity index (χ3v) is 7.44. The molecule has 0 saturated heterocycles. The van der Waals surface area contributed by atoms with Crippen molar-refractivity contribution in [1.29, 1.82) is 0 Å². The number of aryl methyl sites for hydroxylation is 1. The smallest absolute Gasteiger partial charge is 0.283 e. The average molecular weight is 510 g/mol. The zero-order chi connectivity index (χ0) is 25.5. The standard InChI is InChI=1S/C28H23N5O3S/c1-18-26-22(15-25(34)31(18)17-20-11-8-14-24(29-20)36-2)32(16-19-9-4-3-5-10-19)33(27(26)35)28-30-21-12-6-7-13-23(21)37-28/h3-15H,16-17H2,1-2H3. The van der Waals surface area contributed by atoms with E-state index in [1.807, 2.05) is 71.4 Å². The molecule has 0 aliphatic rings. The minimum absolute atomic E-state index is 0.210. The molecule has 4 heterocycles. The van der Waals surface area contributed by atoms with Crippen LogP contribution in [0.1, 0.15) is 17.0 Å². The predicted octanol–water partition coefficient (Wildman–Crippen LogP) is 4.37. The first-order chi connectivity index (χ1) is 18.0. The van der Waals surface area contributed by atoms with Gasteiger partial charge in [0.25, 0.3) is 11.1 Å². The fourth-order valence-electron chi connectivity index (χ4n) is 4.61. The van der Waals surface area contributed by atoms with Crippen molar-refractivity contribution < 1.29 is 4.74 Å². The number of para-hydroxylation sites is 1. The van der Waals surface area contributed by atoms with E-state index in [9.17, 15) is 9.59 Å². The van der Waals surface area contributed by atoms with Gasteiger partial charge in [0.2, 0.25) is 11.0 Å². The Morgan fingerprint density at radius 1 is 0.892 bits per heavy atom. The molecule has 0 radical (unpaired) electrons. The molecule has 9 heteroatoms. The lowest BCUT2D eigenvalue weighted by molar-refractivity contribution is 0.395. The summed E-state index contributed by atoms with van der Waals surface area (Å²) >= 11 is 1.45. The summed E-state index contributed by atoms with van der Waals surface area (Å²) in [6.45, 7) is 2.44. The minimum atomic E-state index is -0.213. The van der Waals surface area contributed by atoms with Gasteiger partial charge in [-0.05, 0) is 30.7 Å². The highest BCUT2D eigenvalue weighted by molar-refractivity contribution is 7.20. The molecular weight excluding hydrogens is 486 g/mol. The lowest BCUT2D eigenvalue weighted by atomic mass is 10.2. The van der Waals surface area contributed by atoms with Crippen molar-refractivity contribution in [2.45, 2.75) is 20.0 Å². The molecule has 37 heavy (non-hydrogen) atoms. The van der Waals surface area contributed by atoms with Crippen molar-refractivity contribution in [2.24, 2.45) is 0 Å². The number of ether oxygens (including phenoxy) is 1. The van der Waals surface area contributed by atoms with Gasteiger partial charge < -0.3 is 9.30 Å². The first-order valence-corrected chi connectivity index (χ1v) is 12.6. The third-order valence-electron chi connectivity index (χ3n) is 6.42. The van der Waals surface area contributed by atoms with Gasteiger partial charge in [0.15, 0.2) is 0 Å². The first kappa shape index (κ1) is 22.9. The number of hydrogen-bond donors (Lipinski definition) is 0. The molecule has 0 saturated carbocycles. The number of aromatic nitrogens is 5. The maximum atomic E-state index is 14.0. The van der Waals surface area contributed by atoms with E-state index in [2.05, 4.69) is 4.98 Å². The van der Waals surface area contributed by atoms with Crippen molar-refractivity contribution in [2.75, 3.05) is 7.11 Å². The molecule has 0 aliphatic heterocycles. The second kappa shape index (κ2) is 9.18. The highest BCUT2D eigenvalue weighted by Crippen LogP contribution is 2.26. The van der Waals surface area contributed by atoms with Gasteiger partial charge in [-0.1, -0.05) is 59.9 Å². The van der Waals surface area contributed by atoms with Gasteiger partial charge in [0.1, 0.15) is 0 Å². The number of rotatable bonds is 6. The van der Waals surface area contributed by atoms with Gasteiger partial charge in [-0.2, -0.15) is 4.68 Å². The Balaban J connectivity index is 1.59. The highest BCUT2D eigenvalue weighted by Gasteiger charge is 2.22. The maximum Gasteiger partial charge on any atom is 0.283 e. The summed E-state index contributed by atoms with van der Waals surface area (Å²) in [6, 6.07) is 24.6. The zero-order valence-corrected chi connectivity index (χ0v) is 21.1. The van der Waals surface area contributed by atoms with Gasteiger partial charge in [-0.15, -0.1) is 0 Å². The summed E-state index contributed by atoms with van der Waals surface area (Å²) in [5, 5.41) is 1.05. The molecule has 2 aromatic carbocycles. The van der Waals surface area contributed by atoms with E-state index in [4.69, 9.17) is 9.72 Å². The van der Waals surface area contributed by atoms with Crippen LogP contribution in [0, 0.1) is 6.92 Å². The number of fused-ring (bicyclic) bond motifs is 2. The molecule has 0 unspecified atom stereocenters. The summed E-state index contributed by atoms with van der Waals surface area (Å²) in [5.74, 6) is 0.469. The molecule has 184 valence electrons. The van der Waals surface area contributed by atoms with Gasteiger partial charge in [0.05, 0.1) is 47.0 Å². The van der Waals surface area contributed by atoms with Crippen LogP contribution in [-0.2, 0) is 13.1 Å². The fourth-order valence-corrected chi connectivity index (χ4v) is 5.59. The molecule has 0 atom stereocenters. The molecular formula is C28H23N5O3S. The average Bonchev–Trinajstić information content (AvgIpc) is 3.45.